The average molecular weight is 289 g/mol. The molecule has 1 aliphatic carbocycles. The fraction of sp³-hybridized carbons (Fsp3) is 0.412. The molecule has 112 valence electrons. The SMILES string of the molecule is Cc1ccc(OCc2cc(CNC3CC3)c(C)o2)cc1F. The first kappa shape index (κ1) is 14.1. The van der Waals surface area contributed by atoms with Crippen LogP contribution in [0.15, 0.2) is 28.7 Å². The second-order valence-electron chi connectivity index (χ2n) is 5.65. The van der Waals surface area contributed by atoms with Crippen molar-refractivity contribution in [1.82, 2.24) is 5.32 Å². The Balaban J connectivity index is 1.59. The molecule has 0 aliphatic heterocycles. The fourth-order valence-electron chi connectivity index (χ4n) is 2.19. The molecule has 3 rings (SSSR count). The van der Waals surface area contributed by atoms with Gasteiger partial charge < -0.3 is 14.5 Å². The number of hydrogen-bond donors (Lipinski definition) is 1. The molecule has 0 bridgehead atoms. The molecule has 1 heterocycles. The topological polar surface area (TPSA) is 34.4 Å². The van der Waals surface area contributed by atoms with Gasteiger partial charge in [-0.1, -0.05) is 6.07 Å². The summed E-state index contributed by atoms with van der Waals surface area (Å²) in [5.74, 6) is 1.94. The molecule has 3 nitrogen and oxygen atoms in total. The van der Waals surface area contributed by atoms with E-state index in [0.717, 1.165) is 23.6 Å². The van der Waals surface area contributed by atoms with Gasteiger partial charge in [0.15, 0.2) is 0 Å². The molecule has 0 atom stereocenters. The second kappa shape index (κ2) is 5.90. The zero-order chi connectivity index (χ0) is 14.8. The van der Waals surface area contributed by atoms with Crippen LogP contribution in [0, 0.1) is 19.7 Å². The molecule has 1 aromatic carbocycles. The summed E-state index contributed by atoms with van der Waals surface area (Å²) >= 11 is 0. The molecular formula is C17H20FNO2. The number of benzene rings is 1. The first-order valence-corrected chi connectivity index (χ1v) is 7.32. The van der Waals surface area contributed by atoms with Crippen LogP contribution in [0.4, 0.5) is 4.39 Å². The predicted octanol–water partition coefficient (Wildman–Crippen LogP) is 3.87. The van der Waals surface area contributed by atoms with E-state index in [9.17, 15) is 4.39 Å². The molecule has 1 N–H and O–H groups in total. The van der Waals surface area contributed by atoms with Crippen LogP contribution >= 0.6 is 0 Å². The zero-order valence-electron chi connectivity index (χ0n) is 12.4. The highest BCUT2D eigenvalue weighted by molar-refractivity contribution is 5.28. The highest BCUT2D eigenvalue weighted by atomic mass is 19.1. The lowest BCUT2D eigenvalue weighted by atomic mass is 10.2. The van der Waals surface area contributed by atoms with Crippen molar-refractivity contribution >= 4 is 0 Å². The van der Waals surface area contributed by atoms with Gasteiger partial charge in [0.25, 0.3) is 0 Å². The van der Waals surface area contributed by atoms with Crippen molar-refractivity contribution in [3.8, 4) is 5.75 Å². The Morgan fingerprint density at radius 2 is 2.10 bits per heavy atom. The minimum absolute atomic E-state index is 0.252. The third-order valence-corrected chi connectivity index (χ3v) is 3.75. The van der Waals surface area contributed by atoms with Crippen molar-refractivity contribution in [2.45, 2.75) is 45.9 Å². The lowest BCUT2D eigenvalue weighted by Gasteiger charge is -2.05. The van der Waals surface area contributed by atoms with Gasteiger partial charge in [0.05, 0.1) is 0 Å². The third kappa shape index (κ3) is 3.64. The van der Waals surface area contributed by atoms with Gasteiger partial charge >= 0.3 is 0 Å². The maximum Gasteiger partial charge on any atom is 0.146 e. The van der Waals surface area contributed by atoms with Gasteiger partial charge in [-0.2, -0.15) is 0 Å². The van der Waals surface area contributed by atoms with E-state index in [1.54, 1.807) is 19.1 Å². The van der Waals surface area contributed by atoms with Crippen LogP contribution in [0.25, 0.3) is 0 Å². The maximum absolute atomic E-state index is 13.4. The Bertz CT molecular complexity index is 632. The van der Waals surface area contributed by atoms with Gasteiger partial charge in [0.2, 0.25) is 0 Å². The fourth-order valence-corrected chi connectivity index (χ4v) is 2.19. The van der Waals surface area contributed by atoms with Crippen molar-refractivity contribution in [3.63, 3.8) is 0 Å². The zero-order valence-corrected chi connectivity index (χ0v) is 12.4. The predicted molar refractivity (Wildman–Crippen MR) is 78.8 cm³/mol. The van der Waals surface area contributed by atoms with Crippen LogP contribution < -0.4 is 10.1 Å². The molecule has 0 amide bonds. The largest absolute Gasteiger partial charge is 0.486 e. The standard InChI is InChI=1S/C17H20FNO2/c1-11-3-6-15(8-17(11)18)20-10-16-7-13(12(2)21-16)9-19-14-4-5-14/h3,6-8,14,19H,4-5,9-10H2,1-2H3. The summed E-state index contributed by atoms with van der Waals surface area (Å²) in [5.41, 5.74) is 1.78. The summed E-state index contributed by atoms with van der Waals surface area (Å²) in [5, 5.41) is 3.46. The number of nitrogens with one attached hydrogen (secondary N) is 1. The Kier molecular flexibility index (Phi) is 3.97. The van der Waals surface area contributed by atoms with Gasteiger partial charge in [0, 0.05) is 24.2 Å². The van der Waals surface area contributed by atoms with Crippen molar-refractivity contribution in [1.29, 1.82) is 0 Å². The Morgan fingerprint density at radius 3 is 2.81 bits per heavy atom. The minimum Gasteiger partial charge on any atom is -0.486 e. The van der Waals surface area contributed by atoms with Crippen LogP contribution in [0.1, 0.15) is 35.5 Å². The summed E-state index contributed by atoms with van der Waals surface area (Å²) in [4.78, 5) is 0. The van der Waals surface area contributed by atoms with Gasteiger partial charge in [-0.25, -0.2) is 4.39 Å². The van der Waals surface area contributed by atoms with Gasteiger partial charge in [-0.05, 0) is 44.4 Å². The monoisotopic (exact) mass is 289 g/mol. The van der Waals surface area contributed by atoms with Crippen molar-refractivity contribution < 1.29 is 13.5 Å². The highest BCUT2D eigenvalue weighted by Gasteiger charge is 2.21. The van der Waals surface area contributed by atoms with Gasteiger partial charge in [0.1, 0.15) is 29.7 Å². The smallest absolute Gasteiger partial charge is 0.146 e. The van der Waals surface area contributed by atoms with E-state index in [1.165, 1.54) is 18.9 Å². The Hall–Kier alpha value is -1.81. The first-order chi connectivity index (χ1) is 10.1. The summed E-state index contributed by atoms with van der Waals surface area (Å²) in [7, 11) is 0. The van der Waals surface area contributed by atoms with Crippen LogP contribution in [-0.4, -0.2) is 6.04 Å². The summed E-state index contributed by atoms with van der Waals surface area (Å²) in [6.45, 7) is 4.83. The molecule has 0 saturated heterocycles. The van der Waals surface area contributed by atoms with Crippen LogP contribution in [-0.2, 0) is 13.2 Å². The van der Waals surface area contributed by atoms with E-state index in [4.69, 9.17) is 9.15 Å². The quantitative estimate of drug-likeness (QED) is 0.876. The van der Waals surface area contributed by atoms with Gasteiger partial charge in [-0.3, -0.25) is 0 Å². The van der Waals surface area contributed by atoms with Crippen LogP contribution in [0.5, 0.6) is 5.75 Å². The van der Waals surface area contributed by atoms with Crippen LogP contribution in [0.2, 0.25) is 0 Å². The van der Waals surface area contributed by atoms with E-state index in [1.807, 2.05) is 13.0 Å². The number of ether oxygens (including phenoxy) is 1. The molecule has 4 heteroatoms. The van der Waals surface area contributed by atoms with Crippen molar-refractivity contribution in [3.05, 3.63) is 52.7 Å². The van der Waals surface area contributed by atoms with Gasteiger partial charge in [-0.15, -0.1) is 0 Å². The van der Waals surface area contributed by atoms with E-state index in [0.29, 0.717) is 24.0 Å². The Morgan fingerprint density at radius 1 is 1.29 bits per heavy atom. The molecule has 2 aromatic rings. The average Bonchev–Trinajstić information content (AvgIpc) is 3.22. The molecule has 21 heavy (non-hydrogen) atoms. The first-order valence-electron chi connectivity index (χ1n) is 7.32. The number of aryl methyl sites for hydroxylation is 2. The molecule has 0 radical (unpaired) electrons. The molecule has 1 saturated carbocycles. The number of furan rings is 1. The summed E-state index contributed by atoms with van der Waals surface area (Å²) < 4.78 is 24.7. The molecule has 0 unspecified atom stereocenters. The number of hydrogen-bond acceptors (Lipinski definition) is 3. The maximum atomic E-state index is 13.4. The van der Waals surface area contributed by atoms with Crippen molar-refractivity contribution in [2.24, 2.45) is 0 Å². The normalized spacial score (nSPS) is 14.4. The van der Waals surface area contributed by atoms with E-state index < -0.39 is 0 Å². The van der Waals surface area contributed by atoms with Crippen molar-refractivity contribution in [2.75, 3.05) is 0 Å². The highest BCUT2D eigenvalue weighted by Crippen LogP contribution is 2.22. The molecule has 1 aliphatic rings. The lowest BCUT2D eigenvalue weighted by molar-refractivity contribution is 0.266. The second-order valence-corrected chi connectivity index (χ2v) is 5.65. The molecule has 1 fully saturated rings. The minimum atomic E-state index is -0.252. The lowest BCUT2D eigenvalue weighted by Crippen LogP contribution is -2.15. The number of halogens is 1. The van der Waals surface area contributed by atoms with E-state index >= 15 is 0 Å². The molecular weight excluding hydrogens is 269 g/mol. The Labute approximate surface area is 124 Å². The summed E-state index contributed by atoms with van der Waals surface area (Å²) in [6.07, 6.45) is 2.54. The van der Waals surface area contributed by atoms with E-state index in [2.05, 4.69) is 5.32 Å². The van der Waals surface area contributed by atoms with E-state index in [-0.39, 0.29) is 5.82 Å². The van der Waals surface area contributed by atoms with Crippen LogP contribution in [0.3, 0.4) is 0 Å². The third-order valence-electron chi connectivity index (χ3n) is 3.75. The summed E-state index contributed by atoms with van der Waals surface area (Å²) in [6, 6.07) is 7.57. The number of rotatable bonds is 6. The molecule has 0 spiro atoms. The molecule has 1 aromatic heterocycles.